The first-order valence-electron chi connectivity index (χ1n) is 9.90. The molecule has 3 nitrogen and oxygen atoms in total. The van der Waals surface area contributed by atoms with Crippen LogP contribution in [0.25, 0.3) is 10.8 Å². The van der Waals surface area contributed by atoms with Crippen LogP contribution in [0.15, 0.2) is 41.3 Å². The first-order chi connectivity index (χ1) is 15.5. The van der Waals surface area contributed by atoms with Crippen molar-refractivity contribution >= 4 is 31.2 Å². The van der Waals surface area contributed by atoms with Crippen LogP contribution in [0.2, 0.25) is 0 Å². The fourth-order valence-corrected chi connectivity index (χ4v) is 9.67. The van der Waals surface area contributed by atoms with Crippen molar-refractivity contribution in [3.8, 4) is 0 Å². The van der Waals surface area contributed by atoms with Crippen LogP contribution in [-0.4, -0.2) is 43.2 Å². The highest BCUT2D eigenvalue weighted by atomic mass is 32.3. The minimum atomic E-state index is -7.34. The maximum atomic E-state index is 14.3. The van der Waals surface area contributed by atoms with E-state index >= 15 is 0 Å². The van der Waals surface area contributed by atoms with E-state index in [-0.39, 0.29) is 29.2 Å². The Bertz CT molecular complexity index is 1170. The molecule has 1 fully saturated rings. The summed E-state index contributed by atoms with van der Waals surface area (Å²) in [6.45, 7) is 1.82. The van der Waals surface area contributed by atoms with Crippen LogP contribution in [0.1, 0.15) is 25.3 Å². The minimum Gasteiger partial charge on any atom is -0.211 e. The molecule has 1 heterocycles. The van der Waals surface area contributed by atoms with Gasteiger partial charge in [-0.15, -0.1) is 0 Å². The van der Waals surface area contributed by atoms with Gasteiger partial charge in [0.05, 0.1) is 0 Å². The topological polar surface area (TPSA) is 43.4 Å². The zero-order valence-corrected chi connectivity index (χ0v) is 19.1. The molecule has 0 aromatic heterocycles. The van der Waals surface area contributed by atoms with Crippen molar-refractivity contribution in [1.82, 2.24) is 0 Å². The van der Waals surface area contributed by atoms with Crippen molar-refractivity contribution in [1.29, 1.82) is 0 Å². The average Bonchev–Trinajstić information content (AvgIpc) is 3.20. The van der Waals surface area contributed by atoms with E-state index in [1.807, 2.05) is 6.92 Å². The Kier molecular flexibility index (Phi) is 6.71. The van der Waals surface area contributed by atoms with Crippen LogP contribution in [0.5, 0.6) is 0 Å². The lowest BCUT2D eigenvalue weighted by molar-refractivity contribution is -0.382. The van der Waals surface area contributed by atoms with Crippen LogP contribution in [0, 0.1) is 0 Å². The van der Waals surface area contributed by atoms with Gasteiger partial charge >= 0.3 is 33.4 Å². The van der Waals surface area contributed by atoms with E-state index in [9.17, 15) is 47.9 Å². The van der Waals surface area contributed by atoms with Gasteiger partial charge in [0.15, 0.2) is 0 Å². The lowest BCUT2D eigenvalue weighted by Crippen LogP contribution is -2.63. The molecule has 0 saturated carbocycles. The van der Waals surface area contributed by atoms with Crippen LogP contribution >= 0.6 is 10.3 Å². The van der Waals surface area contributed by atoms with Crippen LogP contribution in [0.4, 0.5) is 39.5 Å². The van der Waals surface area contributed by atoms with Crippen molar-refractivity contribution in [3.05, 3.63) is 42.0 Å². The normalized spacial score (nSPS) is 18.9. The number of hydrogen-bond acceptors (Lipinski definition) is 3. The SMILES string of the molecule is CCc1ccc(S2(OS(=O)(=O)C(F)(F)C(F)(F)C(F)(F)C(F)(F)F)CCCC2)c2ccccc12. The van der Waals surface area contributed by atoms with Gasteiger partial charge in [0.25, 0.3) is 0 Å². The molecule has 0 amide bonds. The van der Waals surface area contributed by atoms with Crippen molar-refractivity contribution in [2.75, 3.05) is 11.5 Å². The van der Waals surface area contributed by atoms with Crippen LogP contribution in [0.3, 0.4) is 0 Å². The van der Waals surface area contributed by atoms with E-state index in [2.05, 4.69) is 3.63 Å². The van der Waals surface area contributed by atoms with Gasteiger partial charge in [0.2, 0.25) is 0 Å². The van der Waals surface area contributed by atoms with Gasteiger partial charge in [-0.3, -0.25) is 0 Å². The van der Waals surface area contributed by atoms with E-state index < -0.39 is 43.7 Å². The summed E-state index contributed by atoms with van der Waals surface area (Å²) in [4.78, 5) is 0.114. The number of hydrogen-bond donors (Lipinski definition) is 0. The average molecular weight is 542 g/mol. The summed E-state index contributed by atoms with van der Waals surface area (Å²) in [7, 11) is -10.3. The van der Waals surface area contributed by atoms with Crippen molar-refractivity contribution in [2.24, 2.45) is 0 Å². The molecule has 1 aliphatic rings. The zero-order chi connectivity index (χ0) is 25.8. The molecule has 14 heteroatoms. The van der Waals surface area contributed by atoms with Gasteiger partial charge in [-0.2, -0.15) is 47.9 Å². The molecule has 0 unspecified atom stereocenters. The third-order valence-corrected chi connectivity index (χ3v) is 11.3. The first-order valence-corrected chi connectivity index (χ1v) is 13.2. The summed E-state index contributed by atoms with van der Waals surface area (Å²) in [5, 5.41) is -5.87. The predicted molar refractivity (Wildman–Crippen MR) is 109 cm³/mol. The molecule has 0 spiro atoms. The quantitative estimate of drug-likeness (QED) is 0.353. The number of rotatable bonds is 7. The summed E-state index contributed by atoms with van der Waals surface area (Å²) < 4.78 is 150. The van der Waals surface area contributed by atoms with Crippen LogP contribution < -0.4 is 0 Å². The number of fused-ring (bicyclic) bond motifs is 1. The second-order valence-electron chi connectivity index (χ2n) is 7.73. The molecule has 0 aliphatic carbocycles. The van der Waals surface area contributed by atoms with Gasteiger partial charge in [-0.25, -0.2) is 3.63 Å². The van der Waals surface area contributed by atoms with Gasteiger partial charge in [0, 0.05) is 16.4 Å². The van der Waals surface area contributed by atoms with Crippen molar-refractivity contribution < 1.29 is 51.6 Å². The number of aryl methyl sites for hydroxylation is 1. The molecule has 192 valence electrons. The van der Waals surface area contributed by atoms with E-state index in [1.54, 1.807) is 24.3 Å². The smallest absolute Gasteiger partial charge is 0.211 e. The highest BCUT2D eigenvalue weighted by Crippen LogP contribution is 2.66. The summed E-state index contributed by atoms with van der Waals surface area (Å²) in [6.07, 6.45) is -6.11. The molecular weight excluding hydrogens is 523 g/mol. The van der Waals surface area contributed by atoms with E-state index in [0.717, 1.165) is 5.56 Å². The second-order valence-corrected chi connectivity index (χ2v) is 12.6. The molecule has 0 atom stereocenters. The number of benzene rings is 2. The fourth-order valence-electron chi connectivity index (χ4n) is 3.80. The lowest BCUT2D eigenvalue weighted by atomic mass is 10.0. The Morgan fingerprint density at radius 1 is 0.824 bits per heavy atom. The van der Waals surface area contributed by atoms with E-state index in [1.165, 1.54) is 12.1 Å². The maximum absolute atomic E-state index is 14.3. The summed E-state index contributed by atoms with van der Waals surface area (Å²) in [5.74, 6) is -15.0. The van der Waals surface area contributed by atoms with Crippen LogP contribution in [-0.2, 0) is 20.2 Å². The Balaban J connectivity index is 2.15. The molecule has 3 rings (SSSR count). The molecule has 34 heavy (non-hydrogen) atoms. The largest absolute Gasteiger partial charge is 0.460 e. The zero-order valence-electron chi connectivity index (χ0n) is 17.4. The molecule has 0 radical (unpaired) electrons. The molecule has 1 saturated heterocycles. The standard InChI is InChI=1S/C20H19F9O3S2/c1-2-13-9-10-16(15-8-4-3-7-14(13)15)33(11-5-6-12-33)32-34(30,31)20(28,29)18(23,24)17(21,22)19(25,26)27/h3-4,7-10H,2,5-6,11-12H2,1H3. The molecule has 2 aromatic rings. The monoisotopic (exact) mass is 542 g/mol. The highest BCUT2D eigenvalue weighted by molar-refractivity contribution is 8.33. The third-order valence-electron chi connectivity index (χ3n) is 5.60. The predicted octanol–water partition coefficient (Wildman–Crippen LogP) is 7.05. The van der Waals surface area contributed by atoms with Gasteiger partial charge < -0.3 is 0 Å². The first kappa shape index (κ1) is 26.9. The molecule has 0 N–H and O–H groups in total. The minimum absolute atomic E-state index is 0.114. The molecule has 2 aromatic carbocycles. The Hall–Kier alpha value is -1.67. The highest BCUT2D eigenvalue weighted by Gasteiger charge is 2.86. The third kappa shape index (κ3) is 3.94. The fraction of sp³-hybridized carbons (Fsp3) is 0.500. The Morgan fingerprint density at radius 3 is 1.85 bits per heavy atom. The summed E-state index contributed by atoms with van der Waals surface area (Å²) in [6, 6.07) is 9.41. The molecule has 1 aliphatic heterocycles. The van der Waals surface area contributed by atoms with Crippen molar-refractivity contribution in [3.63, 3.8) is 0 Å². The van der Waals surface area contributed by atoms with Crippen molar-refractivity contribution in [2.45, 2.75) is 54.4 Å². The van der Waals surface area contributed by atoms with Gasteiger partial charge in [0.1, 0.15) is 0 Å². The Morgan fingerprint density at radius 2 is 1.35 bits per heavy atom. The summed E-state index contributed by atoms with van der Waals surface area (Å²) >= 11 is 0. The molecular formula is C20H19F9O3S2. The lowest BCUT2D eigenvalue weighted by Gasteiger charge is -2.39. The van der Waals surface area contributed by atoms with Gasteiger partial charge in [-0.05, 0) is 41.7 Å². The van der Waals surface area contributed by atoms with E-state index in [4.69, 9.17) is 0 Å². The maximum Gasteiger partial charge on any atom is 0.460 e. The second kappa shape index (κ2) is 8.47. The Labute approximate surface area is 190 Å². The summed E-state index contributed by atoms with van der Waals surface area (Å²) in [5.41, 5.74) is 0.802. The molecule has 0 bridgehead atoms. The van der Waals surface area contributed by atoms with Gasteiger partial charge in [-0.1, -0.05) is 47.6 Å². The number of halogens is 9. The number of alkyl halides is 9. The van der Waals surface area contributed by atoms with E-state index in [0.29, 0.717) is 17.2 Å².